The number of nitrogens with zero attached hydrogens (tertiary/aromatic N) is 1. The van der Waals surface area contributed by atoms with E-state index in [2.05, 4.69) is 22.4 Å². The Kier molecular flexibility index (Phi) is 6.73. The van der Waals surface area contributed by atoms with Crippen LogP contribution in [0.3, 0.4) is 0 Å². The second-order valence-corrected chi connectivity index (χ2v) is 4.24. The van der Waals surface area contributed by atoms with Crippen molar-refractivity contribution in [1.82, 2.24) is 0 Å². The molecule has 0 atom stereocenters. The number of halogens is 1. The minimum absolute atomic E-state index is 0.512. The Labute approximate surface area is 118 Å². The monoisotopic (exact) mass is 285 g/mol. The summed E-state index contributed by atoms with van der Waals surface area (Å²) in [4.78, 5) is 3.97. The van der Waals surface area contributed by atoms with Gasteiger partial charge in [-0.15, -0.1) is 0 Å². The van der Waals surface area contributed by atoms with Crippen LogP contribution < -0.4 is 9.47 Å². The van der Waals surface area contributed by atoms with Gasteiger partial charge in [-0.1, -0.05) is 25.4 Å². The first kappa shape index (κ1) is 15.0. The molecule has 18 heavy (non-hydrogen) atoms. The van der Waals surface area contributed by atoms with Crippen LogP contribution in [0.2, 0.25) is 5.02 Å². The lowest BCUT2D eigenvalue weighted by Crippen LogP contribution is -1.98. The van der Waals surface area contributed by atoms with Crippen LogP contribution in [0, 0.1) is 0 Å². The number of thiocarbonyl (C=S) groups is 1. The van der Waals surface area contributed by atoms with Gasteiger partial charge in [-0.25, -0.2) is 0 Å². The van der Waals surface area contributed by atoms with Crippen LogP contribution in [-0.2, 0) is 0 Å². The molecule has 0 aliphatic rings. The molecule has 0 radical (unpaired) electrons. The maximum Gasteiger partial charge on any atom is 0.147 e. The number of hydrogen-bond acceptors (Lipinski definition) is 4. The van der Waals surface area contributed by atoms with E-state index in [9.17, 15) is 0 Å². The molecule has 0 saturated carbocycles. The molecular formula is C13H16ClNO2S. The van der Waals surface area contributed by atoms with E-state index in [1.165, 1.54) is 0 Å². The molecule has 0 heterocycles. The third-order valence-electron chi connectivity index (χ3n) is 2.10. The van der Waals surface area contributed by atoms with E-state index < -0.39 is 0 Å². The zero-order chi connectivity index (χ0) is 13.4. The smallest absolute Gasteiger partial charge is 0.147 e. The van der Waals surface area contributed by atoms with E-state index in [4.69, 9.17) is 21.1 Å². The van der Waals surface area contributed by atoms with Gasteiger partial charge in [0, 0.05) is 12.1 Å². The van der Waals surface area contributed by atoms with Gasteiger partial charge in [0.25, 0.3) is 0 Å². The van der Waals surface area contributed by atoms with Crippen LogP contribution in [0.4, 0.5) is 5.69 Å². The van der Waals surface area contributed by atoms with Crippen LogP contribution in [-0.4, -0.2) is 18.4 Å². The van der Waals surface area contributed by atoms with Gasteiger partial charge in [0.1, 0.15) is 17.2 Å². The Morgan fingerprint density at radius 3 is 2.33 bits per heavy atom. The zero-order valence-electron chi connectivity index (χ0n) is 10.5. The lowest BCUT2D eigenvalue weighted by Gasteiger charge is -2.12. The summed E-state index contributed by atoms with van der Waals surface area (Å²) in [5, 5.41) is 2.85. The van der Waals surface area contributed by atoms with E-state index in [1.54, 1.807) is 12.1 Å². The Morgan fingerprint density at radius 2 is 1.78 bits per heavy atom. The van der Waals surface area contributed by atoms with Gasteiger partial charge in [-0.2, -0.15) is 4.99 Å². The lowest BCUT2D eigenvalue weighted by molar-refractivity contribution is 0.310. The summed E-state index contributed by atoms with van der Waals surface area (Å²) in [5.41, 5.74) is 0.592. The average molecular weight is 286 g/mol. The van der Waals surface area contributed by atoms with Crippen molar-refractivity contribution in [2.75, 3.05) is 13.2 Å². The molecule has 0 bridgehead atoms. The molecule has 1 rings (SSSR count). The van der Waals surface area contributed by atoms with Crippen molar-refractivity contribution in [1.29, 1.82) is 0 Å². The quantitative estimate of drug-likeness (QED) is 0.539. The minimum Gasteiger partial charge on any atom is -0.492 e. The van der Waals surface area contributed by atoms with Crippen LogP contribution in [0.25, 0.3) is 0 Å². The summed E-state index contributed by atoms with van der Waals surface area (Å²) in [6.07, 6.45) is 1.82. The summed E-state index contributed by atoms with van der Waals surface area (Å²) in [5.74, 6) is 1.19. The summed E-state index contributed by atoms with van der Waals surface area (Å²) in [6.45, 7) is 5.27. The molecule has 0 fully saturated rings. The second kappa shape index (κ2) is 8.09. The fraction of sp³-hybridized carbons (Fsp3) is 0.462. The number of rotatable bonds is 7. The van der Waals surface area contributed by atoms with Crippen LogP contribution in [0.15, 0.2) is 17.1 Å². The molecule has 0 aliphatic carbocycles. The lowest BCUT2D eigenvalue weighted by atomic mass is 10.2. The summed E-state index contributed by atoms with van der Waals surface area (Å²) >= 11 is 10.7. The maximum absolute atomic E-state index is 6.12. The fourth-order valence-corrected chi connectivity index (χ4v) is 1.62. The molecule has 0 amide bonds. The van der Waals surface area contributed by atoms with Crippen molar-refractivity contribution in [2.45, 2.75) is 26.7 Å². The summed E-state index contributed by atoms with van der Waals surface area (Å²) < 4.78 is 11.1. The van der Waals surface area contributed by atoms with E-state index in [0.29, 0.717) is 35.4 Å². The first-order valence-corrected chi connectivity index (χ1v) is 6.68. The molecule has 0 aromatic heterocycles. The molecule has 0 N–H and O–H groups in total. The van der Waals surface area contributed by atoms with E-state index >= 15 is 0 Å². The van der Waals surface area contributed by atoms with E-state index in [-0.39, 0.29) is 0 Å². The summed E-state index contributed by atoms with van der Waals surface area (Å²) in [6, 6.07) is 3.43. The molecule has 5 heteroatoms. The van der Waals surface area contributed by atoms with Gasteiger partial charge in [-0.05, 0) is 25.1 Å². The Balaban J connectivity index is 3.03. The highest BCUT2D eigenvalue weighted by molar-refractivity contribution is 7.78. The Hall–Kier alpha value is -1.09. The van der Waals surface area contributed by atoms with E-state index in [0.717, 1.165) is 12.8 Å². The maximum atomic E-state index is 6.12. The average Bonchev–Trinajstić information content (AvgIpc) is 2.37. The number of benzene rings is 1. The van der Waals surface area contributed by atoms with Crippen molar-refractivity contribution in [3.05, 3.63) is 17.2 Å². The Bertz CT molecular complexity index is 445. The van der Waals surface area contributed by atoms with Gasteiger partial charge in [0.2, 0.25) is 0 Å². The largest absolute Gasteiger partial charge is 0.492 e. The van der Waals surface area contributed by atoms with Crippen molar-refractivity contribution in [2.24, 2.45) is 4.99 Å². The molecule has 0 aliphatic heterocycles. The molecule has 0 saturated heterocycles. The first-order chi connectivity index (χ1) is 8.72. The van der Waals surface area contributed by atoms with Crippen molar-refractivity contribution < 1.29 is 9.47 Å². The normalized spacial score (nSPS) is 9.72. The standard InChI is InChI=1S/C13H16ClNO2S/c1-3-5-16-12-8-11(15-9-18)13(7-10(12)14)17-6-4-2/h7-8H,3-6H2,1-2H3. The van der Waals surface area contributed by atoms with Crippen molar-refractivity contribution >= 4 is 34.7 Å². The van der Waals surface area contributed by atoms with Crippen LogP contribution in [0.5, 0.6) is 11.5 Å². The molecule has 0 unspecified atom stereocenters. The predicted molar refractivity (Wildman–Crippen MR) is 77.7 cm³/mol. The molecule has 3 nitrogen and oxygen atoms in total. The number of isothiocyanates is 1. The highest BCUT2D eigenvalue weighted by Gasteiger charge is 2.10. The minimum atomic E-state index is 0.512. The van der Waals surface area contributed by atoms with Gasteiger partial charge in [-0.3, -0.25) is 0 Å². The van der Waals surface area contributed by atoms with Gasteiger partial charge in [0.15, 0.2) is 0 Å². The molecule has 1 aromatic rings. The zero-order valence-corrected chi connectivity index (χ0v) is 12.1. The third-order valence-corrected chi connectivity index (χ3v) is 2.49. The number of aliphatic imine (C=N–C) groups is 1. The van der Waals surface area contributed by atoms with Gasteiger partial charge in [0.05, 0.1) is 23.4 Å². The fourth-order valence-electron chi connectivity index (χ4n) is 1.31. The van der Waals surface area contributed by atoms with Gasteiger partial charge < -0.3 is 9.47 Å². The predicted octanol–water partition coefficient (Wildman–Crippen LogP) is 4.65. The Morgan fingerprint density at radius 1 is 1.17 bits per heavy atom. The SMILES string of the molecule is CCCOc1cc(N=C=S)c(OCCC)cc1Cl. The first-order valence-electron chi connectivity index (χ1n) is 5.89. The second-order valence-electron chi connectivity index (χ2n) is 3.65. The summed E-state index contributed by atoms with van der Waals surface area (Å²) in [7, 11) is 0. The van der Waals surface area contributed by atoms with Crippen LogP contribution in [0.1, 0.15) is 26.7 Å². The molecule has 1 aromatic carbocycles. The van der Waals surface area contributed by atoms with Crippen LogP contribution >= 0.6 is 23.8 Å². The van der Waals surface area contributed by atoms with Gasteiger partial charge >= 0.3 is 0 Å². The molecule has 0 spiro atoms. The topological polar surface area (TPSA) is 30.8 Å². The molecule has 98 valence electrons. The highest BCUT2D eigenvalue weighted by atomic mass is 35.5. The third kappa shape index (κ3) is 4.30. The molecular weight excluding hydrogens is 270 g/mol. The van der Waals surface area contributed by atoms with Crippen molar-refractivity contribution in [3.8, 4) is 11.5 Å². The number of hydrogen-bond donors (Lipinski definition) is 0. The van der Waals surface area contributed by atoms with Crippen molar-refractivity contribution in [3.63, 3.8) is 0 Å². The van der Waals surface area contributed by atoms with E-state index in [1.807, 2.05) is 13.8 Å². The number of ether oxygens (including phenoxy) is 2. The highest BCUT2D eigenvalue weighted by Crippen LogP contribution is 2.37.